The average Bonchev–Trinajstić information content (AvgIpc) is 3.83. The van der Waals surface area contributed by atoms with Crippen molar-refractivity contribution >= 4 is 34.2 Å². The quantitative estimate of drug-likeness (QED) is 0.0971. The number of aryl methyl sites for hydroxylation is 1. The summed E-state index contributed by atoms with van der Waals surface area (Å²) < 4.78 is 74.8. The van der Waals surface area contributed by atoms with Gasteiger partial charge in [-0.1, -0.05) is 103 Å². The lowest BCUT2D eigenvalue weighted by Crippen LogP contribution is -2.38. The second-order valence-corrected chi connectivity index (χ2v) is 14.5. The van der Waals surface area contributed by atoms with Crippen molar-refractivity contribution in [2.24, 2.45) is 7.05 Å². The van der Waals surface area contributed by atoms with Crippen LogP contribution in [0.1, 0.15) is 28.1 Å². The first kappa shape index (κ1) is 40.6. The highest BCUT2D eigenvalue weighted by Crippen LogP contribution is 2.42. The Morgan fingerprint density at radius 2 is 1.39 bits per heavy atom. The minimum absolute atomic E-state index is 0.0286. The zero-order chi connectivity index (χ0) is 42.9. The second-order valence-electron chi connectivity index (χ2n) is 14.1. The van der Waals surface area contributed by atoms with E-state index in [4.69, 9.17) is 26.2 Å². The Balaban J connectivity index is 1.15. The van der Waals surface area contributed by atoms with Gasteiger partial charge in [0, 0.05) is 23.3 Å². The number of methoxy groups -OCH3 is 1. The van der Waals surface area contributed by atoms with Crippen molar-refractivity contribution in [3.05, 3.63) is 195 Å². The summed E-state index contributed by atoms with van der Waals surface area (Å²) in [6.07, 6.45) is -3.29. The van der Waals surface area contributed by atoms with Crippen LogP contribution in [0.4, 0.5) is 23.2 Å². The normalized spacial score (nSPS) is 11.8. The zero-order valence-electron chi connectivity index (χ0n) is 32.5. The molecular formula is C46H35ClF4N6O4. The van der Waals surface area contributed by atoms with Crippen molar-refractivity contribution in [3.63, 3.8) is 0 Å². The van der Waals surface area contributed by atoms with Crippen molar-refractivity contribution in [1.82, 2.24) is 23.9 Å². The Labute approximate surface area is 351 Å². The lowest BCUT2D eigenvalue weighted by molar-refractivity contribution is -0.137. The van der Waals surface area contributed by atoms with Gasteiger partial charge in [0.2, 0.25) is 5.91 Å². The van der Waals surface area contributed by atoms with Crippen molar-refractivity contribution < 1.29 is 31.8 Å². The molecule has 8 rings (SSSR count). The Hall–Kier alpha value is -7.19. The average molecular weight is 847 g/mol. The first-order valence-corrected chi connectivity index (χ1v) is 19.2. The van der Waals surface area contributed by atoms with Gasteiger partial charge in [-0.15, -0.1) is 0 Å². The van der Waals surface area contributed by atoms with Crippen LogP contribution in [-0.2, 0) is 36.7 Å². The summed E-state index contributed by atoms with van der Waals surface area (Å²) in [5.74, 6) is -1.90. The minimum Gasteiger partial charge on any atom is -0.493 e. The van der Waals surface area contributed by atoms with Gasteiger partial charge in [-0.3, -0.25) is 13.9 Å². The van der Waals surface area contributed by atoms with Crippen molar-refractivity contribution in [2.45, 2.75) is 24.9 Å². The summed E-state index contributed by atoms with van der Waals surface area (Å²) in [4.78, 5) is 31.2. The predicted octanol–water partition coefficient (Wildman–Crippen LogP) is 9.48. The molecule has 0 aliphatic carbocycles. The van der Waals surface area contributed by atoms with E-state index in [0.717, 1.165) is 44.0 Å². The number of ether oxygens (including phenoxy) is 2. The van der Waals surface area contributed by atoms with Crippen molar-refractivity contribution in [1.29, 1.82) is 0 Å². The molecule has 2 heterocycles. The third-order valence-corrected chi connectivity index (χ3v) is 10.6. The first-order chi connectivity index (χ1) is 29.4. The van der Waals surface area contributed by atoms with Crippen LogP contribution in [0.15, 0.2) is 151 Å². The topological polar surface area (TPSA) is 105 Å². The molecule has 308 valence electrons. The number of nitrogens with zero attached hydrogens (tertiary/aromatic N) is 5. The number of hydrogen-bond acceptors (Lipinski definition) is 6. The third-order valence-electron chi connectivity index (χ3n) is 10.3. The van der Waals surface area contributed by atoms with Gasteiger partial charge in [-0.05, 0) is 70.8 Å². The van der Waals surface area contributed by atoms with E-state index in [9.17, 15) is 22.8 Å². The molecular weight excluding hydrogens is 812 g/mol. The van der Waals surface area contributed by atoms with E-state index in [1.807, 2.05) is 91.0 Å². The number of imidazole rings is 1. The number of hydrogen-bond donors (Lipinski definition) is 1. The number of anilines is 1. The number of aromatic nitrogens is 5. The molecule has 1 amide bonds. The molecule has 0 bridgehead atoms. The highest BCUT2D eigenvalue weighted by Gasteiger charge is 2.40. The number of rotatable bonds is 12. The maximum absolute atomic E-state index is 16.3. The molecule has 0 aliphatic rings. The Morgan fingerprint density at radius 1 is 0.803 bits per heavy atom. The van der Waals surface area contributed by atoms with Gasteiger partial charge in [-0.2, -0.15) is 18.3 Å². The molecule has 10 nitrogen and oxygen atoms in total. The number of carbonyl (C=O) groups is 1. The lowest BCUT2D eigenvalue weighted by atomic mass is 9.77. The summed E-state index contributed by atoms with van der Waals surface area (Å²) in [6.45, 7) is -0.922. The van der Waals surface area contributed by atoms with Crippen LogP contribution in [-0.4, -0.2) is 36.9 Å². The maximum atomic E-state index is 16.3. The zero-order valence-corrected chi connectivity index (χ0v) is 33.3. The second kappa shape index (κ2) is 16.5. The summed E-state index contributed by atoms with van der Waals surface area (Å²) in [7, 11) is 2.62. The van der Waals surface area contributed by atoms with Crippen LogP contribution in [0.25, 0.3) is 22.2 Å². The van der Waals surface area contributed by atoms with E-state index < -0.39 is 41.2 Å². The van der Waals surface area contributed by atoms with E-state index in [1.165, 1.54) is 20.2 Å². The number of alkyl halides is 3. The monoisotopic (exact) mass is 846 g/mol. The molecule has 6 aromatic carbocycles. The number of amides is 1. The fourth-order valence-electron chi connectivity index (χ4n) is 7.58. The summed E-state index contributed by atoms with van der Waals surface area (Å²) in [6, 6.07) is 39.6. The van der Waals surface area contributed by atoms with Crippen molar-refractivity contribution in [3.8, 4) is 22.6 Å². The van der Waals surface area contributed by atoms with E-state index in [1.54, 1.807) is 35.3 Å². The molecule has 0 spiro atoms. The number of halogens is 5. The number of fused-ring (bicyclic) bond motifs is 1. The Bertz CT molecular complexity index is 2820. The van der Waals surface area contributed by atoms with Gasteiger partial charge in [0.1, 0.15) is 25.0 Å². The first-order valence-electron chi connectivity index (χ1n) is 18.8. The molecule has 0 fully saturated rings. The fraction of sp³-hybridized carbons (Fsp3) is 0.130. The third kappa shape index (κ3) is 7.73. The largest absolute Gasteiger partial charge is 0.493 e. The molecule has 0 radical (unpaired) electrons. The van der Waals surface area contributed by atoms with Gasteiger partial charge >= 0.3 is 11.9 Å². The Kier molecular flexibility index (Phi) is 10.9. The summed E-state index contributed by atoms with van der Waals surface area (Å²) in [5, 5.41) is 7.90. The van der Waals surface area contributed by atoms with E-state index in [-0.39, 0.29) is 46.1 Å². The molecule has 61 heavy (non-hydrogen) atoms. The predicted molar refractivity (Wildman–Crippen MR) is 223 cm³/mol. The molecule has 8 aromatic rings. The van der Waals surface area contributed by atoms with Crippen LogP contribution < -0.4 is 20.5 Å². The standard InChI is InChI=1S/C46H35ClF4N6O4/c1-55-42-36(24-33(46(49,50)51)25-38(42)56(44(55)59)26-41(58)53-35-20-18-34(47)19-21-35)29-22-37(48)43(39(23-29)60-2)61-27-40-52-28-57(54-40)45(30-12-6-3-7-13-30,31-14-8-4-9-15-31)32-16-10-5-11-17-32/h3-25,28H,26-27H2,1-2H3,(H,53,58). The highest BCUT2D eigenvalue weighted by molar-refractivity contribution is 6.30. The van der Waals surface area contributed by atoms with Gasteiger partial charge in [-0.25, -0.2) is 18.9 Å². The van der Waals surface area contributed by atoms with E-state index in [2.05, 4.69) is 10.3 Å². The molecule has 0 atom stereocenters. The molecule has 15 heteroatoms. The molecule has 2 aromatic heterocycles. The van der Waals surface area contributed by atoms with Crippen LogP contribution in [0.5, 0.6) is 11.5 Å². The SMILES string of the molecule is COc1cc(-c2cc(C(F)(F)F)cc3c2n(C)c(=O)n3CC(=O)Nc2ccc(Cl)cc2)cc(F)c1OCc1ncn(C(c2ccccc2)(c2ccccc2)c2ccccc2)n1. The van der Waals surface area contributed by atoms with Gasteiger partial charge in [0.25, 0.3) is 0 Å². The number of carbonyl (C=O) groups excluding carboxylic acids is 1. The van der Waals surface area contributed by atoms with E-state index in [0.29, 0.717) is 10.7 Å². The summed E-state index contributed by atoms with van der Waals surface area (Å²) >= 11 is 5.93. The summed E-state index contributed by atoms with van der Waals surface area (Å²) in [5.41, 5.74) is -0.0983. The maximum Gasteiger partial charge on any atom is 0.416 e. The smallest absolute Gasteiger partial charge is 0.416 e. The highest BCUT2D eigenvalue weighted by atomic mass is 35.5. The van der Waals surface area contributed by atoms with Gasteiger partial charge in [0.15, 0.2) is 23.1 Å². The Morgan fingerprint density at radius 3 is 1.95 bits per heavy atom. The van der Waals surface area contributed by atoms with Crippen LogP contribution in [0, 0.1) is 5.82 Å². The minimum atomic E-state index is -4.87. The fourth-order valence-corrected chi connectivity index (χ4v) is 7.71. The number of benzene rings is 6. The molecule has 0 saturated carbocycles. The van der Waals surface area contributed by atoms with E-state index >= 15 is 4.39 Å². The van der Waals surface area contributed by atoms with Gasteiger partial charge in [0.05, 0.1) is 23.7 Å². The van der Waals surface area contributed by atoms with Crippen LogP contribution in [0.2, 0.25) is 5.02 Å². The molecule has 0 aliphatic heterocycles. The van der Waals surface area contributed by atoms with Crippen molar-refractivity contribution in [2.75, 3.05) is 12.4 Å². The van der Waals surface area contributed by atoms with Gasteiger partial charge < -0.3 is 14.8 Å². The molecule has 0 saturated heterocycles. The lowest BCUT2D eigenvalue weighted by Gasteiger charge is -2.35. The number of nitrogens with one attached hydrogen (secondary N) is 1. The van der Waals surface area contributed by atoms with Crippen LogP contribution in [0.3, 0.4) is 0 Å². The van der Waals surface area contributed by atoms with Crippen LogP contribution >= 0.6 is 11.6 Å². The molecule has 0 unspecified atom stereocenters. The molecule has 1 N–H and O–H groups in total.